The van der Waals surface area contributed by atoms with Crippen LogP contribution in [0.15, 0.2) is 36.7 Å². The molecule has 1 unspecified atom stereocenters. The molecule has 2 aromatic rings. The number of hydrogen-bond donors (Lipinski definition) is 1. The molecule has 3 rings (SSSR count). The quantitative estimate of drug-likeness (QED) is 0.933. The molecule has 4 heteroatoms. The lowest BCUT2D eigenvalue weighted by atomic mass is 9.94. The highest BCUT2D eigenvalue weighted by Crippen LogP contribution is 2.18. The molecule has 1 aromatic heterocycles. The average Bonchev–Trinajstić information content (AvgIpc) is 2.89. The van der Waals surface area contributed by atoms with Crippen molar-refractivity contribution < 1.29 is 0 Å². The minimum Gasteiger partial charge on any atom is -0.316 e. The minimum absolute atomic E-state index is 0.747. The Labute approximate surface area is 118 Å². The van der Waals surface area contributed by atoms with Gasteiger partial charge in [-0.15, -0.1) is 0 Å². The summed E-state index contributed by atoms with van der Waals surface area (Å²) in [5.74, 6) is 0.747. The van der Waals surface area contributed by atoms with E-state index in [2.05, 4.69) is 16.6 Å². The molecule has 1 atom stereocenters. The highest BCUT2D eigenvalue weighted by Gasteiger charge is 2.14. The van der Waals surface area contributed by atoms with Crippen molar-refractivity contribution in [2.45, 2.75) is 19.3 Å². The van der Waals surface area contributed by atoms with Crippen molar-refractivity contribution >= 4 is 11.6 Å². The van der Waals surface area contributed by atoms with Crippen LogP contribution >= 0.6 is 11.6 Å². The van der Waals surface area contributed by atoms with Crippen molar-refractivity contribution in [2.24, 2.45) is 5.92 Å². The van der Waals surface area contributed by atoms with Gasteiger partial charge in [-0.05, 0) is 68.1 Å². The van der Waals surface area contributed by atoms with Gasteiger partial charge in [0.2, 0.25) is 0 Å². The van der Waals surface area contributed by atoms with Crippen molar-refractivity contribution in [3.05, 3.63) is 47.2 Å². The normalized spacial score (nSPS) is 19.5. The highest BCUT2D eigenvalue weighted by atomic mass is 35.5. The van der Waals surface area contributed by atoms with Crippen LogP contribution in [0, 0.1) is 5.92 Å². The molecule has 0 radical (unpaired) electrons. The lowest BCUT2D eigenvalue weighted by Gasteiger charge is -2.21. The number of rotatable bonds is 3. The maximum atomic E-state index is 5.90. The van der Waals surface area contributed by atoms with E-state index >= 15 is 0 Å². The third-order valence-corrected chi connectivity index (χ3v) is 3.90. The molecule has 1 aromatic carbocycles. The summed E-state index contributed by atoms with van der Waals surface area (Å²) in [6, 6.07) is 7.76. The Hall–Kier alpha value is -1.32. The van der Waals surface area contributed by atoms with Crippen molar-refractivity contribution in [1.29, 1.82) is 0 Å². The first kappa shape index (κ1) is 12.7. The molecule has 1 aliphatic heterocycles. The van der Waals surface area contributed by atoms with E-state index in [4.69, 9.17) is 11.6 Å². The van der Waals surface area contributed by atoms with E-state index in [9.17, 15) is 0 Å². The van der Waals surface area contributed by atoms with Crippen molar-refractivity contribution in [3.8, 4) is 5.69 Å². The summed E-state index contributed by atoms with van der Waals surface area (Å²) >= 11 is 5.90. The molecule has 0 bridgehead atoms. The first-order valence-corrected chi connectivity index (χ1v) is 7.19. The van der Waals surface area contributed by atoms with Crippen molar-refractivity contribution in [1.82, 2.24) is 15.1 Å². The fraction of sp³-hybridized carbons (Fsp3) is 0.400. The van der Waals surface area contributed by atoms with Crippen LogP contribution < -0.4 is 5.32 Å². The molecular formula is C15H18ClN3. The number of nitrogens with zero attached hydrogens (tertiary/aromatic N) is 2. The van der Waals surface area contributed by atoms with Crippen LogP contribution in [0.2, 0.25) is 5.02 Å². The van der Waals surface area contributed by atoms with Crippen LogP contribution in [-0.4, -0.2) is 22.9 Å². The van der Waals surface area contributed by atoms with Crippen molar-refractivity contribution in [3.63, 3.8) is 0 Å². The van der Waals surface area contributed by atoms with Crippen LogP contribution in [0.4, 0.5) is 0 Å². The molecule has 1 fully saturated rings. The Kier molecular flexibility index (Phi) is 3.85. The third kappa shape index (κ3) is 3.17. The van der Waals surface area contributed by atoms with Gasteiger partial charge in [-0.2, -0.15) is 5.10 Å². The Morgan fingerprint density at radius 3 is 2.89 bits per heavy atom. The molecule has 1 N–H and O–H groups in total. The number of aromatic nitrogens is 2. The van der Waals surface area contributed by atoms with E-state index in [1.165, 1.54) is 24.9 Å². The molecule has 19 heavy (non-hydrogen) atoms. The molecule has 0 amide bonds. The topological polar surface area (TPSA) is 29.9 Å². The summed E-state index contributed by atoms with van der Waals surface area (Å²) in [5.41, 5.74) is 2.36. The lowest BCUT2D eigenvalue weighted by Crippen LogP contribution is -2.30. The summed E-state index contributed by atoms with van der Waals surface area (Å²) in [7, 11) is 0. The zero-order chi connectivity index (χ0) is 13.1. The molecule has 0 aliphatic carbocycles. The van der Waals surface area contributed by atoms with Crippen LogP contribution in [0.5, 0.6) is 0 Å². The Morgan fingerprint density at radius 1 is 1.32 bits per heavy atom. The number of benzene rings is 1. The maximum Gasteiger partial charge on any atom is 0.0646 e. The van der Waals surface area contributed by atoms with E-state index in [0.717, 1.165) is 29.6 Å². The molecule has 0 saturated carbocycles. The van der Waals surface area contributed by atoms with Gasteiger partial charge < -0.3 is 5.32 Å². The van der Waals surface area contributed by atoms with Crippen LogP contribution in [0.3, 0.4) is 0 Å². The van der Waals surface area contributed by atoms with Crippen LogP contribution in [0.25, 0.3) is 5.69 Å². The molecular weight excluding hydrogens is 258 g/mol. The van der Waals surface area contributed by atoms with E-state index in [1.807, 2.05) is 35.1 Å². The maximum absolute atomic E-state index is 5.90. The van der Waals surface area contributed by atoms with Crippen LogP contribution in [-0.2, 0) is 6.42 Å². The number of nitrogens with one attached hydrogen (secondary N) is 1. The molecule has 1 aliphatic rings. The zero-order valence-corrected chi connectivity index (χ0v) is 11.6. The standard InChI is InChI=1S/C15H18ClN3/c16-14-3-5-15(6-4-14)19-11-13(10-18-19)8-12-2-1-7-17-9-12/h3-6,10-12,17H,1-2,7-9H2. The predicted octanol–water partition coefficient (Wildman–Crippen LogP) is 3.07. The Morgan fingerprint density at radius 2 is 2.16 bits per heavy atom. The summed E-state index contributed by atoms with van der Waals surface area (Å²) in [4.78, 5) is 0. The van der Waals surface area contributed by atoms with Gasteiger partial charge in [0.25, 0.3) is 0 Å². The number of hydrogen-bond acceptors (Lipinski definition) is 2. The lowest BCUT2D eigenvalue weighted by molar-refractivity contribution is 0.376. The minimum atomic E-state index is 0.747. The summed E-state index contributed by atoms with van der Waals surface area (Å²) in [6.45, 7) is 2.30. The highest BCUT2D eigenvalue weighted by molar-refractivity contribution is 6.30. The van der Waals surface area contributed by atoms with Crippen molar-refractivity contribution in [2.75, 3.05) is 13.1 Å². The van der Waals surface area contributed by atoms with Gasteiger partial charge in [0.05, 0.1) is 11.9 Å². The van der Waals surface area contributed by atoms with E-state index in [0.29, 0.717) is 0 Å². The summed E-state index contributed by atoms with van der Waals surface area (Å²) in [5, 5.41) is 8.65. The first-order chi connectivity index (χ1) is 9.31. The molecule has 100 valence electrons. The van der Waals surface area contributed by atoms with Gasteiger partial charge in [-0.3, -0.25) is 0 Å². The average molecular weight is 276 g/mol. The molecule has 3 nitrogen and oxygen atoms in total. The Balaban J connectivity index is 1.70. The second kappa shape index (κ2) is 5.76. The van der Waals surface area contributed by atoms with Gasteiger partial charge in [0, 0.05) is 11.2 Å². The fourth-order valence-corrected chi connectivity index (χ4v) is 2.76. The van der Waals surface area contributed by atoms with Gasteiger partial charge in [0.15, 0.2) is 0 Å². The summed E-state index contributed by atoms with van der Waals surface area (Å²) in [6.07, 6.45) is 7.82. The summed E-state index contributed by atoms with van der Waals surface area (Å²) < 4.78 is 1.92. The Bertz CT molecular complexity index is 527. The van der Waals surface area contributed by atoms with E-state index < -0.39 is 0 Å². The van der Waals surface area contributed by atoms with Gasteiger partial charge >= 0.3 is 0 Å². The first-order valence-electron chi connectivity index (χ1n) is 6.81. The molecule has 2 heterocycles. The predicted molar refractivity (Wildman–Crippen MR) is 77.9 cm³/mol. The second-order valence-corrected chi connectivity index (χ2v) is 5.62. The van der Waals surface area contributed by atoms with Crippen LogP contribution in [0.1, 0.15) is 18.4 Å². The van der Waals surface area contributed by atoms with E-state index in [1.54, 1.807) is 0 Å². The number of piperidine rings is 1. The third-order valence-electron chi connectivity index (χ3n) is 3.65. The zero-order valence-electron chi connectivity index (χ0n) is 10.8. The smallest absolute Gasteiger partial charge is 0.0646 e. The SMILES string of the molecule is Clc1ccc(-n2cc(CC3CCCNC3)cn2)cc1. The van der Waals surface area contributed by atoms with E-state index in [-0.39, 0.29) is 0 Å². The van der Waals surface area contributed by atoms with Gasteiger partial charge in [-0.25, -0.2) is 4.68 Å². The molecule has 1 saturated heterocycles. The number of halogens is 1. The van der Waals surface area contributed by atoms with Gasteiger partial charge in [-0.1, -0.05) is 11.6 Å². The second-order valence-electron chi connectivity index (χ2n) is 5.19. The molecule has 0 spiro atoms. The fourth-order valence-electron chi connectivity index (χ4n) is 2.63. The monoisotopic (exact) mass is 275 g/mol. The van der Waals surface area contributed by atoms with Gasteiger partial charge in [0.1, 0.15) is 0 Å². The largest absolute Gasteiger partial charge is 0.316 e.